The highest BCUT2D eigenvalue weighted by Crippen LogP contribution is 2.37. The van der Waals surface area contributed by atoms with E-state index in [-0.39, 0.29) is 11.5 Å². The maximum absolute atomic E-state index is 6.26. The molecule has 0 amide bonds. The Morgan fingerprint density at radius 1 is 1.21 bits per heavy atom. The van der Waals surface area contributed by atoms with Gasteiger partial charge in [-0.05, 0) is 43.9 Å². The maximum atomic E-state index is 6.26. The summed E-state index contributed by atoms with van der Waals surface area (Å²) in [5, 5.41) is 0. The van der Waals surface area contributed by atoms with E-state index < -0.39 is 0 Å². The Morgan fingerprint density at radius 3 is 2.32 bits per heavy atom. The third kappa shape index (κ3) is 3.66. The lowest BCUT2D eigenvalue weighted by atomic mass is 9.79. The van der Waals surface area contributed by atoms with Gasteiger partial charge in [0.2, 0.25) is 0 Å². The van der Waals surface area contributed by atoms with Crippen LogP contribution in [-0.4, -0.2) is 24.0 Å². The molecule has 4 heteroatoms. The summed E-state index contributed by atoms with van der Waals surface area (Å²) in [5.74, 6) is 1.04. The summed E-state index contributed by atoms with van der Waals surface area (Å²) in [6, 6.07) is 8.29. The van der Waals surface area contributed by atoms with Crippen molar-refractivity contribution in [3.05, 3.63) is 34.3 Å². The van der Waals surface area contributed by atoms with Crippen molar-refractivity contribution in [2.45, 2.75) is 43.8 Å². The van der Waals surface area contributed by atoms with Gasteiger partial charge in [-0.2, -0.15) is 0 Å². The van der Waals surface area contributed by atoms with Gasteiger partial charge in [0.15, 0.2) is 0 Å². The minimum Gasteiger partial charge on any atom is -0.375 e. The number of ether oxygens (including phenoxy) is 1. The zero-order chi connectivity index (χ0) is 13.9. The van der Waals surface area contributed by atoms with Crippen molar-refractivity contribution in [2.75, 3.05) is 11.8 Å². The van der Waals surface area contributed by atoms with Gasteiger partial charge >= 0.3 is 0 Å². The Balaban J connectivity index is 2.19. The average Bonchev–Trinajstić information content (AvgIpc) is 2.82. The quantitative estimate of drug-likeness (QED) is 0.658. The van der Waals surface area contributed by atoms with Crippen LogP contribution in [0.15, 0.2) is 28.7 Å². The second-order valence-corrected chi connectivity index (χ2v) is 6.85. The van der Waals surface area contributed by atoms with Crippen molar-refractivity contribution in [2.24, 2.45) is 0 Å². The molecule has 2 unspecified atom stereocenters. The van der Waals surface area contributed by atoms with E-state index in [9.17, 15) is 0 Å². The number of hydrogen-bond acceptors (Lipinski definition) is 1. The predicted octanol–water partition coefficient (Wildman–Crippen LogP) is 5.12. The van der Waals surface area contributed by atoms with Crippen molar-refractivity contribution < 1.29 is 4.74 Å². The molecule has 0 aromatic heterocycles. The summed E-state index contributed by atoms with van der Waals surface area (Å²) in [4.78, 5) is 0. The first-order valence-electron chi connectivity index (χ1n) is 6.63. The molecule has 2 atom stereocenters. The Kier molecular flexibility index (Phi) is 5.59. The van der Waals surface area contributed by atoms with Crippen molar-refractivity contribution in [1.82, 2.24) is 0 Å². The zero-order valence-electron chi connectivity index (χ0n) is 11.0. The smallest absolute Gasteiger partial charge is 0.0589 e. The van der Waals surface area contributed by atoms with Crippen LogP contribution in [0.1, 0.15) is 31.7 Å². The van der Waals surface area contributed by atoms with Gasteiger partial charge in [-0.25, -0.2) is 0 Å². The van der Waals surface area contributed by atoms with Gasteiger partial charge in [-0.15, -0.1) is 23.2 Å². The van der Waals surface area contributed by atoms with Crippen molar-refractivity contribution in [1.29, 1.82) is 0 Å². The molecule has 0 spiro atoms. The molecule has 0 radical (unpaired) electrons. The summed E-state index contributed by atoms with van der Waals surface area (Å²) in [6.45, 7) is 2.13. The molecule has 1 aliphatic heterocycles. The first-order chi connectivity index (χ1) is 9.09. The molecule has 1 aromatic rings. The van der Waals surface area contributed by atoms with Crippen LogP contribution in [0.3, 0.4) is 0 Å². The molecule has 1 aromatic carbocycles. The minimum absolute atomic E-state index is 0.196. The van der Waals surface area contributed by atoms with Crippen molar-refractivity contribution >= 4 is 39.1 Å². The summed E-state index contributed by atoms with van der Waals surface area (Å²) in [7, 11) is 0. The molecule has 1 nitrogen and oxygen atoms in total. The topological polar surface area (TPSA) is 9.23 Å². The number of rotatable bonds is 5. The molecule has 1 saturated heterocycles. The second-order valence-electron chi connectivity index (χ2n) is 5.40. The summed E-state index contributed by atoms with van der Waals surface area (Å²) in [6.07, 6.45) is 3.76. The lowest BCUT2D eigenvalue weighted by Crippen LogP contribution is -2.35. The molecule has 0 saturated carbocycles. The average molecular weight is 366 g/mol. The molecule has 1 fully saturated rings. The van der Waals surface area contributed by atoms with Gasteiger partial charge in [-0.1, -0.05) is 28.1 Å². The van der Waals surface area contributed by atoms with Crippen LogP contribution in [0.4, 0.5) is 0 Å². The molecule has 0 bridgehead atoms. The van der Waals surface area contributed by atoms with E-state index in [0.717, 1.165) is 23.7 Å². The van der Waals surface area contributed by atoms with Gasteiger partial charge < -0.3 is 4.74 Å². The van der Waals surface area contributed by atoms with Gasteiger partial charge in [0.25, 0.3) is 0 Å². The Labute approximate surface area is 133 Å². The number of hydrogen-bond donors (Lipinski definition) is 0. The van der Waals surface area contributed by atoms with E-state index in [0.29, 0.717) is 17.9 Å². The highest BCUT2D eigenvalue weighted by atomic mass is 79.9. The van der Waals surface area contributed by atoms with Crippen LogP contribution in [-0.2, 0) is 10.2 Å². The lowest BCUT2D eigenvalue weighted by Gasteiger charge is -2.32. The molecule has 19 heavy (non-hydrogen) atoms. The first kappa shape index (κ1) is 15.6. The van der Waals surface area contributed by atoms with Crippen LogP contribution >= 0.6 is 39.1 Å². The Bertz CT molecular complexity index is 403. The molecule has 1 aliphatic rings. The standard InChI is InChI=1S/C15H19BrCl2O/c1-11-2-7-14(19-11)8-15(9-17,10-18)12-3-5-13(16)6-4-12/h3-6,11,14H,2,7-10H2,1H3. The molecular formula is C15H19BrCl2O. The van der Waals surface area contributed by atoms with E-state index in [1.165, 1.54) is 5.56 Å². The Hall–Kier alpha value is 0.240. The predicted molar refractivity (Wildman–Crippen MR) is 85.4 cm³/mol. The number of halogens is 3. The highest BCUT2D eigenvalue weighted by molar-refractivity contribution is 9.10. The molecule has 2 rings (SSSR count). The lowest BCUT2D eigenvalue weighted by molar-refractivity contribution is 0.0400. The fraction of sp³-hybridized carbons (Fsp3) is 0.600. The molecule has 0 aliphatic carbocycles. The molecule has 0 N–H and O–H groups in total. The van der Waals surface area contributed by atoms with Gasteiger partial charge in [0.05, 0.1) is 12.2 Å². The summed E-state index contributed by atoms with van der Waals surface area (Å²) < 4.78 is 7.01. The fourth-order valence-electron chi connectivity index (χ4n) is 2.69. The van der Waals surface area contributed by atoms with Crippen molar-refractivity contribution in [3.63, 3.8) is 0 Å². The second kappa shape index (κ2) is 6.80. The van der Waals surface area contributed by atoms with E-state index in [1.54, 1.807) is 0 Å². The minimum atomic E-state index is -0.196. The van der Waals surface area contributed by atoms with Crippen LogP contribution in [0, 0.1) is 0 Å². The molecule has 106 valence electrons. The van der Waals surface area contributed by atoms with E-state index in [1.807, 2.05) is 12.1 Å². The highest BCUT2D eigenvalue weighted by Gasteiger charge is 2.36. The summed E-state index contributed by atoms with van der Waals surface area (Å²) >= 11 is 16.0. The van der Waals surface area contributed by atoms with Gasteiger partial charge in [-0.3, -0.25) is 0 Å². The summed E-state index contributed by atoms with van der Waals surface area (Å²) in [5.41, 5.74) is 1.00. The van der Waals surface area contributed by atoms with Crippen LogP contribution in [0.25, 0.3) is 0 Å². The number of benzene rings is 1. The van der Waals surface area contributed by atoms with E-state index in [4.69, 9.17) is 27.9 Å². The molecular weight excluding hydrogens is 347 g/mol. The van der Waals surface area contributed by atoms with E-state index >= 15 is 0 Å². The SMILES string of the molecule is CC1CCC(CC(CCl)(CCl)c2ccc(Br)cc2)O1. The maximum Gasteiger partial charge on any atom is 0.0589 e. The van der Waals surface area contributed by atoms with Crippen LogP contribution in [0.2, 0.25) is 0 Å². The Morgan fingerprint density at radius 2 is 1.84 bits per heavy atom. The van der Waals surface area contributed by atoms with Crippen LogP contribution in [0.5, 0.6) is 0 Å². The van der Waals surface area contributed by atoms with Gasteiger partial charge in [0.1, 0.15) is 0 Å². The van der Waals surface area contributed by atoms with Crippen molar-refractivity contribution in [3.8, 4) is 0 Å². The monoisotopic (exact) mass is 364 g/mol. The number of alkyl halides is 2. The largest absolute Gasteiger partial charge is 0.375 e. The van der Waals surface area contributed by atoms with Gasteiger partial charge in [0, 0.05) is 21.6 Å². The first-order valence-corrected chi connectivity index (χ1v) is 8.49. The zero-order valence-corrected chi connectivity index (χ0v) is 14.1. The third-order valence-electron chi connectivity index (χ3n) is 3.91. The van der Waals surface area contributed by atoms with Crippen LogP contribution < -0.4 is 0 Å². The normalized spacial score (nSPS) is 23.8. The fourth-order valence-corrected chi connectivity index (χ4v) is 3.77. The third-order valence-corrected chi connectivity index (χ3v) is 5.46. The van der Waals surface area contributed by atoms with E-state index in [2.05, 4.69) is 35.0 Å². The molecule has 1 heterocycles.